The number of ketones is 1. The summed E-state index contributed by atoms with van der Waals surface area (Å²) >= 11 is 0. The summed E-state index contributed by atoms with van der Waals surface area (Å²) in [5.74, 6) is -1.16. The highest BCUT2D eigenvalue weighted by Gasteiger charge is 2.28. The number of rotatable bonds is 5. The van der Waals surface area contributed by atoms with Crippen LogP contribution in [0.2, 0.25) is 0 Å². The van der Waals surface area contributed by atoms with Crippen molar-refractivity contribution in [2.24, 2.45) is 5.41 Å². The van der Waals surface area contributed by atoms with Gasteiger partial charge in [-0.05, 0) is 31.2 Å². The highest BCUT2D eigenvalue weighted by Crippen LogP contribution is 2.24. The van der Waals surface area contributed by atoms with Crippen LogP contribution in [0.15, 0.2) is 24.3 Å². The summed E-state index contributed by atoms with van der Waals surface area (Å²) in [7, 11) is 0. The fourth-order valence-electron chi connectivity index (χ4n) is 1.84. The van der Waals surface area contributed by atoms with Gasteiger partial charge in [0, 0.05) is 23.2 Å². The zero-order valence-electron chi connectivity index (χ0n) is 12.8. The fraction of sp³-hybridized carbons (Fsp3) is 0.438. The molecule has 114 valence electrons. The number of amides is 1. The monoisotopic (exact) mass is 291 g/mol. The first-order valence-electron chi connectivity index (χ1n) is 6.77. The number of carboxylic acids is 1. The van der Waals surface area contributed by atoms with Crippen molar-refractivity contribution in [3.63, 3.8) is 0 Å². The lowest BCUT2D eigenvalue weighted by molar-refractivity contribution is -0.136. The van der Waals surface area contributed by atoms with Gasteiger partial charge in [0.2, 0.25) is 5.91 Å². The number of Topliss-reactive ketones (excluding diaryl/α,β-unsaturated/α-hetero) is 1. The zero-order valence-corrected chi connectivity index (χ0v) is 12.8. The molecule has 0 aliphatic carbocycles. The lowest BCUT2D eigenvalue weighted by Crippen LogP contribution is -2.40. The first kappa shape index (κ1) is 16.9. The van der Waals surface area contributed by atoms with Crippen molar-refractivity contribution in [3.05, 3.63) is 29.8 Å². The van der Waals surface area contributed by atoms with Gasteiger partial charge < -0.3 is 10.0 Å². The van der Waals surface area contributed by atoms with Gasteiger partial charge in [0.05, 0.1) is 6.42 Å². The van der Waals surface area contributed by atoms with Crippen LogP contribution in [-0.2, 0) is 9.59 Å². The number of nitrogens with zero attached hydrogens (tertiary/aromatic N) is 1. The Bertz CT molecular complexity index is 540. The van der Waals surface area contributed by atoms with E-state index >= 15 is 0 Å². The van der Waals surface area contributed by atoms with Gasteiger partial charge >= 0.3 is 5.97 Å². The second kappa shape index (κ2) is 6.52. The summed E-state index contributed by atoms with van der Waals surface area (Å²) in [6, 6.07) is 6.62. The Morgan fingerprint density at radius 1 is 1.10 bits per heavy atom. The third-order valence-electron chi connectivity index (χ3n) is 3.02. The summed E-state index contributed by atoms with van der Waals surface area (Å²) in [6.07, 6.45) is -0.129. The van der Waals surface area contributed by atoms with Crippen molar-refractivity contribution in [2.45, 2.75) is 34.1 Å². The van der Waals surface area contributed by atoms with Crippen LogP contribution in [0.5, 0.6) is 0 Å². The number of anilines is 1. The molecule has 1 aromatic carbocycles. The Labute approximate surface area is 124 Å². The smallest absolute Gasteiger partial charge is 0.305 e. The van der Waals surface area contributed by atoms with E-state index in [-0.39, 0.29) is 24.7 Å². The van der Waals surface area contributed by atoms with E-state index in [1.54, 1.807) is 45.0 Å². The number of aliphatic carboxylic acids is 1. The molecular weight excluding hydrogens is 270 g/mol. The molecule has 0 fully saturated rings. The minimum atomic E-state index is -0.956. The topological polar surface area (TPSA) is 74.7 Å². The Balaban J connectivity index is 3.08. The molecule has 1 rings (SSSR count). The number of carbonyl (C=O) groups excluding carboxylic acids is 2. The lowest BCUT2D eigenvalue weighted by atomic mass is 9.94. The quantitative estimate of drug-likeness (QED) is 0.846. The molecule has 1 amide bonds. The summed E-state index contributed by atoms with van der Waals surface area (Å²) in [4.78, 5) is 36.0. The average molecular weight is 291 g/mol. The number of hydrogen-bond acceptors (Lipinski definition) is 3. The number of carboxylic acid groups (broad SMARTS) is 1. The van der Waals surface area contributed by atoms with Crippen molar-refractivity contribution in [1.82, 2.24) is 0 Å². The van der Waals surface area contributed by atoms with Crippen molar-refractivity contribution >= 4 is 23.3 Å². The van der Waals surface area contributed by atoms with E-state index in [4.69, 9.17) is 5.11 Å². The van der Waals surface area contributed by atoms with Crippen LogP contribution >= 0.6 is 0 Å². The van der Waals surface area contributed by atoms with Crippen molar-refractivity contribution < 1.29 is 19.5 Å². The molecule has 0 aliphatic rings. The zero-order chi connectivity index (χ0) is 16.2. The van der Waals surface area contributed by atoms with Gasteiger partial charge in [-0.2, -0.15) is 0 Å². The van der Waals surface area contributed by atoms with E-state index in [9.17, 15) is 14.4 Å². The van der Waals surface area contributed by atoms with Crippen LogP contribution in [0, 0.1) is 5.41 Å². The Morgan fingerprint density at radius 3 is 2.00 bits per heavy atom. The summed E-state index contributed by atoms with van der Waals surface area (Å²) < 4.78 is 0. The molecule has 5 heteroatoms. The maximum absolute atomic E-state index is 12.5. The highest BCUT2D eigenvalue weighted by atomic mass is 16.4. The second-order valence-corrected chi connectivity index (χ2v) is 5.95. The van der Waals surface area contributed by atoms with Crippen LogP contribution in [0.25, 0.3) is 0 Å². The molecule has 0 bridgehead atoms. The third-order valence-corrected chi connectivity index (χ3v) is 3.02. The standard InChI is InChI=1S/C16H21NO4/c1-11(18)12-5-7-13(8-6-12)17(10-9-14(19)20)15(21)16(2,3)4/h5-8H,9-10H2,1-4H3,(H,19,20). The van der Waals surface area contributed by atoms with Gasteiger partial charge in [-0.3, -0.25) is 14.4 Å². The van der Waals surface area contributed by atoms with E-state index in [1.807, 2.05) is 0 Å². The fourth-order valence-corrected chi connectivity index (χ4v) is 1.84. The minimum Gasteiger partial charge on any atom is -0.481 e. The maximum atomic E-state index is 12.5. The molecule has 0 aromatic heterocycles. The predicted octanol–water partition coefficient (Wildman–Crippen LogP) is 2.74. The van der Waals surface area contributed by atoms with Crippen molar-refractivity contribution in [3.8, 4) is 0 Å². The van der Waals surface area contributed by atoms with E-state index < -0.39 is 11.4 Å². The third kappa shape index (κ3) is 4.70. The average Bonchev–Trinajstić information content (AvgIpc) is 2.37. The first-order valence-corrected chi connectivity index (χ1v) is 6.77. The molecule has 0 saturated carbocycles. The van der Waals surface area contributed by atoms with Crippen molar-refractivity contribution in [2.75, 3.05) is 11.4 Å². The number of carbonyl (C=O) groups is 3. The molecular formula is C16H21NO4. The van der Waals surface area contributed by atoms with E-state index in [0.717, 1.165) is 0 Å². The number of benzene rings is 1. The van der Waals surface area contributed by atoms with Crippen LogP contribution in [0.3, 0.4) is 0 Å². The second-order valence-electron chi connectivity index (χ2n) is 5.95. The molecule has 1 aromatic rings. The molecule has 1 N–H and O–H groups in total. The minimum absolute atomic E-state index is 0.0548. The SMILES string of the molecule is CC(=O)c1ccc(N(CCC(=O)O)C(=O)C(C)(C)C)cc1. The van der Waals surface area contributed by atoms with Crippen molar-refractivity contribution in [1.29, 1.82) is 0 Å². The summed E-state index contributed by atoms with van der Waals surface area (Å²) in [5.41, 5.74) is 0.541. The summed E-state index contributed by atoms with van der Waals surface area (Å²) in [6.45, 7) is 6.93. The first-order chi connectivity index (χ1) is 9.62. The molecule has 21 heavy (non-hydrogen) atoms. The van der Waals surface area contributed by atoms with Crippen LogP contribution in [0.1, 0.15) is 44.5 Å². The highest BCUT2D eigenvalue weighted by molar-refractivity contribution is 5.98. The van der Waals surface area contributed by atoms with Gasteiger partial charge in [-0.15, -0.1) is 0 Å². The molecule has 0 aliphatic heterocycles. The lowest BCUT2D eigenvalue weighted by Gasteiger charge is -2.29. The van der Waals surface area contributed by atoms with Crippen LogP contribution in [0.4, 0.5) is 5.69 Å². The van der Waals surface area contributed by atoms with Crippen LogP contribution < -0.4 is 4.90 Å². The Hall–Kier alpha value is -2.17. The Morgan fingerprint density at radius 2 is 1.62 bits per heavy atom. The molecule has 0 unspecified atom stereocenters. The largest absolute Gasteiger partial charge is 0.481 e. The molecule has 5 nitrogen and oxygen atoms in total. The molecule has 0 spiro atoms. The molecule has 0 saturated heterocycles. The van der Waals surface area contributed by atoms with E-state index in [2.05, 4.69) is 0 Å². The van der Waals surface area contributed by atoms with Gasteiger partial charge in [0.1, 0.15) is 0 Å². The van der Waals surface area contributed by atoms with Crippen LogP contribution in [-0.4, -0.2) is 29.3 Å². The Kier molecular flexibility index (Phi) is 5.24. The number of hydrogen-bond donors (Lipinski definition) is 1. The maximum Gasteiger partial charge on any atom is 0.305 e. The van der Waals surface area contributed by atoms with Gasteiger partial charge in [-0.25, -0.2) is 0 Å². The summed E-state index contributed by atoms with van der Waals surface area (Å²) in [5, 5.41) is 8.83. The predicted molar refractivity (Wildman–Crippen MR) is 80.5 cm³/mol. The van der Waals surface area contributed by atoms with E-state index in [0.29, 0.717) is 11.3 Å². The van der Waals surface area contributed by atoms with Gasteiger partial charge in [-0.1, -0.05) is 20.8 Å². The normalized spacial score (nSPS) is 11.0. The van der Waals surface area contributed by atoms with E-state index in [1.165, 1.54) is 11.8 Å². The molecule has 0 atom stereocenters. The van der Waals surface area contributed by atoms with Gasteiger partial charge in [0.25, 0.3) is 0 Å². The molecule has 0 heterocycles. The van der Waals surface area contributed by atoms with Gasteiger partial charge in [0.15, 0.2) is 5.78 Å². The molecule has 0 radical (unpaired) electrons.